The Morgan fingerprint density at radius 1 is 0.929 bits per heavy atom. The van der Waals surface area contributed by atoms with Crippen LogP contribution in [0.2, 0.25) is 0 Å². The number of benzene rings is 2. The van der Waals surface area contributed by atoms with Crippen molar-refractivity contribution in [1.29, 1.82) is 0 Å². The van der Waals surface area contributed by atoms with Crippen molar-refractivity contribution in [1.82, 2.24) is 14.0 Å². The lowest BCUT2D eigenvalue weighted by atomic mass is 9.91. The van der Waals surface area contributed by atoms with Gasteiger partial charge in [-0.05, 0) is 48.4 Å². The molecule has 6 aromatic rings. The molecule has 0 spiro atoms. The summed E-state index contributed by atoms with van der Waals surface area (Å²) in [7, 11) is 0. The Kier molecular flexibility index (Phi) is 7.30. The zero-order chi connectivity index (χ0) is 29.1. The van der Waals surface area contributed by atoms with Crippen molar-refractivity contribution in [3.05, 3.63) is 148 Å². The van der Waals surface area contributed by atoms with E-state index < -0.39 is 17.8 Å². The van der Waals surface area contributed by atoms with Crippen LogP contribution in [0, 0.1) is 0 Å². The summed E-state index contributed by atoms with van der Waals surface area (Å²) in [5, 5.41) is 0.169. The van der Waals surface area contributed by atoms with E-state index in [1.807, 2.05) is 60.7 Å². The Labute approximate surface area is 240 Å². The zero-order valence-electron chi connectivity index (χ0n) is 22.7. The highest BCUT2D eigenvalue weighted by molar-refractivity contribution is 5.94. The molecule has 208 valence electrons. The number of hydrogen-bond donors (Lipinski definition) is 0. The van der Waals surface area contributed by atoms with E-state index in [4.69, 9.17) is 14.1 Å². The van der Waals surface area contributed by atoms with Crippen LogP contribution >= 0.6 is 0 Å². The van der Waals surface area contributed by atoms with Gasteiger partial charge in [0.1, 0.15) is 22.6 Å². The van der Waals surface area contributed by atoms with Crippen molar-refractivity contribution in [2.45, 2.75) is 19.4 Å². The number of furan rings is 1. The molecule has 4 heterocycles. The average Bonchev–Trinajstić information content (AvgIpc) is 3.53. The van der Waals surface area contributed by atoms with Gasteiger partial charge in [-0.1, -0.05) is 66.7 Å². The fraction of sp³-hybridized carbons (Fsp3) is 0.121. The van der Waals surface area contributed by atoms with Gasteiger partial charge in [-0.15, -0.1) is 0 Å². The molecule has 6 rings (SSSR count). The number of carbonyl (C=O) groups excluding carboxylic acids is 2. The molecule has 0 unspecified atom stereocenters. The highest BCUT2D eigenvalue weighted by Crippen LogP contribution is 2.26. The maximum Gasteiger partial charge on any atom is 0.341 e. The molecule has 0 atom stereocenters. The van der Waals surface area contributed by atoms with E-state index in [2.05, 4.69) is 4.99 Å². The van der Waals surface area contributed by atoms with Crippen molar-refractivity contribution in [2.75, 3.05) is 6.61 Å². The highest BCUT2D eigenvalue weighted by Gasteiger charge is 2.25. The maximum absolute atomic E-state index is 14.2. The number of nitrogens with zero attached hydrogens (tertiary/aromatic N) is 4. The number of aromatic nitrogens is 3. The van der Waals surface area contributed by atoms with Crippen LogP contribution in [0.4, 0.5) is 0 Å². The van der Waals surface area contributed by atoms with Gasteiger partial charge in [-0.3, -0.25) is 14.0 Å². The van der Waals surface area contributed by atoms with Gasteiger partial charge in [0.15, 0.2) is 5.49 Å². The summed E-state index contributed by atoms with van der Waals surface area (Å²) in [5.74, 6) is -1.44. The van der Waals surface area contributed by atoms with E-state index in [9.17, 15) is 14.4 Å². The van der Waals surface area contributed by atoms with Crippen molar-refractivity contribution < 1.29 is 18.7 Å². The lowest BCUT2D eigenvalue weighted by Crippen LogP contribution is -2.33. The van der Waals surface area contributed by atoms with Gasteiger partial charge in [-0.25, -0.2) is 9.78 Å². The van der Waals surface area contributed by atoms with Crippen molar-refractivity contribution in [3.8, 4) is 0 Å². The fourth-order valence-electron chi connectivity index (χ4n) is 5.00. The fourth-order valence-corrected chi connectivity index (χ4v) is 5.00. The smallest absolute Gasteiger partial charge is 0.341 e. The second-order valence-electron chi connectivity index (χ2n) is 9.56. The number of esters is 1. The monoisotopic (exact) mass is 558 g/mol. The van der Waals surface area contributed by atoms with Gasteiger partial charge in [0.25, 0.3) is 11.5 Å². The molecule has 0 aliphatic rings. The molecular formula is C33H26N4O5. The predicted octanol–water partition coefficient (Wildman–Crippen LogP) is 4.73. The molecule has 9 nitrogen and oxygen atoms in total. The van der Waals surface area contributed by atoms with Crippen LogP contribution < -0.4 is 11.0 Å². The molecule has 0 bridgehead atoms. The van der Waals surface area contributed by atoms with E-state index in [0.717, 1.165) is 11.1 Å². The van der Waals surface area contributed by atoms with Crippen LogP contribution in [0.25, 0.3) is 16.7 Å². The van der Waals surface area contributed by atoms with E-state index >= 15 is 0 Å². The predicted molar refractivity (Wildman–Crippen MR) is 156 cm³/mol. The number of hydrogen-bond acceptors (Lipinski definition) is 6. The Morgan fingerprint density at radius 3 is 2.26 bits per heavy atom. The van der Waals surface area contributed by atoms with Crippen LogP contribution in [0.3, 0.4) is 0 Å². The lowest BCUT2D eigenvalue weighted by molar-refractivity contribution is -0.118. The molecule has 4 aromatic heterocycles. The molecule has 42 heavy (non-hydrogen) atoms. The first kappa shape index (κ1) is 26.6. The van der Waals surface area contributed by atoms with Crippen LogP contribution in [-0.2, 0) is 16.1 Å². The first-order valence-electron chi connectivity index (χ1n) is 13.5. The summed E-state index contributed by atoms with van der Waals surface area (Å²) in [6.07, 6.45) is 3.13. The van der Waals surface area contributed by atoms with Gasteiger partial charge in [-0.2, -0.15) is 4.99 Å². The number of amides is 1. The maximum atomic E-state index is 14.2. The van der Waals surface area contributed by atoms with E-state index in [1.165, 1.54) is 16.7 Å². The van der Waals surface area contributed by atoms with Crippen LogP contribution in [0.15, 0.2) is 124 Å². The van der Waals surface area contributed by atoms with E-state index in [0.29, 0.717) is 11.4 Å². The third-order valence-electron chi connectivity index (χ3n) is 6.91. The summed E-state index contributed by atoms with van der Waals surface area (Å²) in [6.45, 7) is 1.83. The molecule has 9 heteroatoms. The van der Waals surface area contributed by atoms with Gasteiger partial charge in [0.05, 0.1) is 30.7 Å². The third-order valence-corrected chi connectivity index (χ3v) is 6.91. The first-order chi connectivity index (χ1) is 20.5. The number of rotatable bonds is 7. The number of pyridine rings is 2. The van der Waals surface area contributed by atoms with Gasteiger partial charge >= 0.3 is 5.97 Å². The minimum atomic E-state index is -0.745. The topological polar surface area (TPSA) is 108 Å². The Balaban J connectivity index is 1.69. The Bertz CT molecular complexity index is 1990. The van der Waals surface area contributed by atoms with Gasteiger partial charge in [0.2, 0.25) is 0 Å². The molecule has 0 aliphatic carbocycles. The van der Waals surface area contributed by atoms with Crippen molar-refractivity contribution >= 4 is 28.6 Å². The minimum Gasteiger partial charge on any atom is -0.467 e. The van der Waals surface area contributed by atoms with Crippen LogP contribution in [-0.4, -0.2) is 32.4 Å². The van der Waals surface area contributed by atoms with Gasteiger partial charge < -0.3 is 13.7 Å². The number of ether oxygens (including phenoxy) is 1. The molecule has 0 saturated carbocycles. The second-order valence-corrected chi connectivity index (χ2v) is 9.56. The second kappa shape index (κ2) is 11.5. The number of fused-ring (bicyclic) bond motifs is 2. The molecule has 1 amide bonds. The SMILES string of the molecule is CCOC(=O)c1cc2c(=O)n3ccccc3nc2n(Cc2ccco2)c1=NC(=O)C(c1ccccc1)c1ccccc1. The molecule has 2 aromatic carbocycles. The summed E-state index contributed by atoms with van der Waals surface area (Å²) in [4.78, 5) is 50.5. The summed E-state index contributed by atoms with van der Waals surface area (Å²) < 4.78 is 14.0. The van der Waals surface area contributed by atoms with Crippen LogP contribution in [0.5, 0.6) is 0 Å². The third kappa shape index (κ3) is 5.03. The molecular weight excluding hydrogens is 532 g/mol. The Morgan fingerprint density at radius 2 is 1.62 bits per heavy atom. The van der Waals surface area contributed by atoms with E-state index in [1.54, 1.807) is 48.0 Å². The van der Waals surface area contributed by atoms with Gasteiger partial charge in [0, 0.05) is 6.20 Å². The van der Waals surface area contributed by atoms with E-state index in [-0.39, 0.29) is 40.8 Å². The van der Waals surface area contributed by atoms with Crippen molar-refractivity contribution in [2.24, 2.45) is 4.99 Å². The number of carbonyl (C=O) groups is 2. The summed E-state index contributed by atoms with van der Waals surface area (Å²) in [5.41, 5.74) is 1.75. The molecule has 0 radical (unpaired) electrons. The van der Waals surface area contributed by atoms with Crippen LogP contribution in [0.1, 0.15) is 40.1 Å². The molecule has 0 aliphatic heterocycles. The molecule has 0 fully saturated rings. The average molecular weight is 559 g/mol. The quantitative estimate of drug-likeness (QED) is 0.207. The minimum absolute atomic E-state index is 0.0198. The Hall–Kier alpha value is -5.57. The lowest BCUT2D eigenvalue weighted by Gasteiger charge is -2.17. The largest absolute Gasteiger partial charge is 0.467 e. The standard InChI is InChI=1S/C33H26N4O5/c1-2-41-33(40)26-20-25-29(34-27-17-9-10-18-36(27)32(25)39)37(21-24-16-11-19-42-24)30(26)35-31(38)28(22-12-5-3-6-13-22)23-14-7-4-8-15-23/h3-20,28H,2,21H2,1H3. The summed E-state index contributed by atoms with van der Waals surface area (Å²) in [6, 6.07) is 28.7. The summed E-state index contributed by atoms with van der Waals surface area (Å²) >= 11 is 0. The molecule has 0 N–H and O–H groups in total. The first-order valence-corrected chi connectivity index (χ1v) is 13.5. The highest BCUT2D eigenvalue weighted by atomic mass is 16.5. The molecule has 0 saturated heterocycles. The normalized spacial score (nSPS) is 11.8. The van der Waals surface area contributed by atoms with Crippen molar-refractivity contribution in [3.63, 3.8) is 0 Å². The zero-order valence-corrected chi connectivity index (χ0v) is 22.7.